The molecule has 1 aliphatic rings. The molecule has 0 saturated carbocycles. The van der Waals surface area contributed by atoms with Crippen LogP contribution in [0, 0.1) is 5.82 Å². The van der Waals surface area contributed by atoms with Gasteiger partial charge in [-0.05, 0) is 44.5 Å². The van der Waals surface area contributed by atoms with Gasteiger partial charge in [0.2, 0.25) is 5.91 Å². The predicted molar refractivity (Wildman–Crippen MR) is 88.2 cm³/mol. The number of hydrogen-bond acceptors (Lipinski definition) is 3. The van der Waals surface area contributed by atoms with Crippen molar-refractivity contribution in [3.63, 3.8) is 0 Å². The molecule has 0 radical (unpaired) electrons. The second-order valence-electron chi connectivity index (χ2n) is 6.24. The molecule has 5 heteroatoms. The third-order valence-electron chi connectivity index (χ3n) is 4.59. The summed E-state index contributed by atoms with van der Waals surface area (Å²) in [6.07, 6.45) is 3.45. The van der Waals surface area contributed by atoms with Gasteiger partial charge in [-0.15, -0.1) is 0 Å². The van der Waals surface area contributed by atoms with Crippen molar-refractivity contribution in [2.75, 3.05) is 20.2 Å². The van der Waals surface area contributed by atoms with Crippen LogP contribution in [0.1, 0.15) is 51.1 Å². The SMILES string of the molecule is CCCC(C)N(C)C(CCN1OCCC1=O)c1ccc(F)cc1. The molecule has 0 aliphatic carbocycles. The van der Waals surface area contributed by atoms with Crippen molar-refractivity contribution in [2.24, 2.45) is 0 Å². The summed E-state index contributed by atoms with van der Waals surface area (Å²) in [7, 11) is 2.10. The highest BCUT2D eigenvalue weighted by Gasteiger charge is 2.26. The number of rotatable bonds is 8. The summed E-state index contributed by atoms with van der Waals surface area (Å²) in [6.45, 7) is 5.41. The number of amides is 1. The van der Waals surface area contributed by atoms with Crippen LogP contribution in [0.15, 0.2) is 24.3 Å². The Morgan fingerprint density at radius 1 is 1.30 bits per heavy atom. The van der Waals surface area contributed by atoms with E-state index in [0.29, 0.717) is 25.6 Å². The maximum atomic E-state index is 13.2. The molecule has 4 nitrogen and oxygen atoms in total. The highest BCUT2D eigenvalue weighted by Crippen LogP contribution is 2.27. The van der Waals surface area contributed by atoms with Gasteiger partial charge in [-0.3, -0.25) is 14.5 Å². The van der Waals surface area contributed by atoms with Crippen molar-refractivity contribution in [1.29, 1.82) is 0 Å². The minimum atomic E-state index is -0.227. The molecular weight excluding hydrogens is 295 g/mol. The molecule has 1 saturated heterocycles. The zero-order valence-electron chi connectivity index (χ0n) is 14.3. The molecule has 1 aromatic carbocycles. The Morgan fingerprint density at radius 3 is 2.57 bits per heavy atom. The molecule has 2 unspecified atom stereocenters. The first kappa shape index (κ1) is 17.9. The minimum Gasteiger partial charge on any atom is -0.297 e. The third-order valence-corrected chi connectivity index (χ3v) is 4.59. The van der Waals surface area contributed by atoms with Gasteiger partial charge in [-0.2, -0.15) is 0 Å². The third kappa shape index (κ3) is 4.75. The first-order valence-electron chi connectivity index (χ1n) is 8.43. The van der Waals surface area contributed by atoms with E-state index < -0.39 is 0 Å². The van der Waals surface area contributed by atoms with Crippen molar-refractivity contribution < 1.29 is 14.0 Å². The standard InChI is InChI=1S/C18H27FN2O2/c1-4-5-14(2)20(3)17(15-6-8-16(19)9-7-15)10-12-21-18(22)11-13-23-21/h6-9,14,17H,4-5,10-13H2,1-3H3. The fourth-order valence-corrected chi connectivity index (χ4v) is 3.09. The van der Waals surface area contributed by atoms with Crippen LogP contribution < -0.4 is 0 Å². The monoisotopic (exact) mass is 322 g/mol. The van der Waals surface area contributed by atoms with Gasteiger partial charge in [0.15, 0.2) is 0 Å². The van der Waals surface area contributed by atoms with E-state index in [9.17, 15) is 9.18 Å². The molecule has 0 spiro atoms. The number of carbonyl (C=O) groups is 1. The van der Waals surface area contributed by atoms with Crippen LogP contribution in [0.25, 0.3) is 0 Å². The van der Waals surface area contributed by atoms with Crippen molar-refractivity contribution >= 4 is 5.91 Å². The molecule has 0 bridgehead atoms. The Labute approximate surface area is 138 Å². The second-order valence-corrected chi connectivity index (χ2v) is 6.24. The van der Waals surface area contributed by atoms with E-state index in [1.807, 2.05) is 12.1 Å². The fourth-order valence-electron chi connectivity index (χ4n) is 3.09. The lowest BCUT2D eigenvalue weighted by Gasteiger charge is -2.34. The lowest BCUT2D eigenvalue weighted by Crippen LogP contribution is -2.35. The van der Waals surface area contributed by atoms with Crippen LogP contribution in [0.5, 0.6) is 0 Å². The lowest BCUT2D eigenvalue weighted by molar-refractivity contribution is -0.162. The molecule has 128 valence electrons. The van der Waals surface area contributed by atoms with Gasteiger partial charge < -0.3 is 0 Å². The van der Waals surface area contributed by atoms with Crippen molar-refractivity contribution in [3.8, 4) is 0 Å². The molecule has 1 amide bonds. The maximum Gasteiger partial charge on any atom is 0.248 e. The molecule has 2 rings (SSSR count). The number of hydrogen-bond donors (Lipinski definition) is 0. The Hall–Kier alpha value is -1.46. The van der Waals surface area contributed by atoms with Gasteiger partial charge in [0.1, 0.15) is 5.82 Å². The van der Waals surface area contributed by atoms with Crippen LogP contribution in [-0.4, -0.2) is 42.1 Å². The average molecular weight is 322 g/mol. The summed E-state index contributed by atoms with van der Waals surface area (Å²) in [5.41, 5.74) is 1.07. The number of halogens is 1. The predicted octanol–water partition coefficient (Wildman–Crippen LogP) is 3.54. The number of carbonyl (C=O) groups excluding carboxylic acids is 1. The molecule has 1 heterocycles. The highest BCUT2D eigenvalue weighted by atomic mass is 19.1. The van der Waals surface area contributed by atoms with Gasteiger partial charge in [-0.25, -0.2) is 9.45 Å². The summed E-state index contributed by atoms with van der Waals surface area (Å²) in [5, 5.41) is 1.47. The summed E-state index contributed by atoms with van der Waals surface area (Å²) >= 11 is 0. The molecule has 1 aliphatic heterocycles. The van der Waals surface area contributed by atoms with Crippen LogP contribution in [0.4, 0.5) is 4.39 Å². The molecule has 1 fully saturated rings. The molecular formula is C18H27FN2O2. The Bertz CT molecular complexity index is 506. The molecule has 0 N–H and O–H groups in total. The van der Waals surface area contributed by atoms with E-state index >= 15 is 0 Å². The maximum absolute atomic E-state index is 13.2. The highest BCUT2D eigenvalue weighted by molar-refractivity contribution is 5.76. The van der Waals surface area contributed by atoms with Crippen LogP contribution in [-0.2, 0) is 9.63 Å². The molecule has 23 heavy (non-hydrogen) atoms. The quantitative estimate of drug-likeness (QED) is 0.734. The zero-order valence-corrected chi connectivity index (χ0v) is 14.3. The van der Waals surface area contributed by atoms with E-state index in [2.05, 4.69) is 25.8 Å². The van der Waals surface area contributed by atoms with E-state index in [1.54, 1.807) is 0 Å². The Morgan fingerprint density at radius 2 is 2.00 bits per heavy atom. The van der Waals surface area contributed by atoms with Gasteiger partial charge in [-0.1, -0.05) is 25.5 Å². The van der Waals surface area contributed by atoms with Crippen LogP contribution >= 0.6 is 0 Å². The van der Waals surface area contributed by atoms with Crippen molar-refractivity contribution in [3.05, 3.63) is 35.6 Å². The first-order chi connectivity index (χ1) is 11.0. The molecule has 0 aromatic heterocycles. The fraction of sp³-hybridized carbons (Fsp3) is 0.611. The second kappa shape index (κ2) is 8.41. The van der Waals surface area contributed by atoms with Crippen LogP contribution in [0.2, 0.25) is 0 Å². The van der Waals surface area contributed by atoms with E-state index in [1.165, 1.54) is 17.2 Å². The zero-order chi connectivity index (χ0) is 16.8. The normalized spacial score (nSPS) is 17.8. The molecule has 2 atom stereocenters. The average Bonchev–Trinajstić information content (AvgIpc) is 2.94. The van der Waals surface area contributed by atoms with E-state index in [4.69, 9.17) is 4.84 Å². The van der Waals surface area contributed by atoms with Gasteiger partial charge in [0.25, 0.3) is 0 Å². The summed E-state index contributed by atoms with van der Waals surface area (Å²) in [4.78, 5) is 19.4. The molecule has 1 aromatic rings. The summed E-state index contributed by atoms with van der Waals surface area (Å²) < 4.78 is 13.2. The Balaban J connectivity index is 2.09. The van der Waals surface area contributed by atoms with Crippen molar-refractivity contribution in [1.82, 2.24) is 9.96 Å². The van der Waals surface area contributed by atoms with Crippen molar-refractivity contribution in [2.45, 2.75) is 51.6 Å². The van der Waals surface area contributed by atoms with E-state index in [-0.39, 0.29) is 17.8 Å². The summed E-state index contributed by atoms with van der Waals surface area (Å²) in [6, 6.07) is 7.22. The first-order valence-corrected chi connectivity index (χ1v) is 8.43. The van der Waals surface area contributed by atoms with Gasteiger partial charge in [0.05, 0.1) is 19.6 Å². The van der Waals surface area contributed by atoms with Gasteiger partial charge >= 0.3 is 0 Å². The lowest BCUT2D eigenvalue weighted by atomic mass is 9.99. The Kier molecular flexibility index (Phi) is 6.54. The minimum absolute atomic E-state index is 0.0483. The van der Waals surface area contributed by atoms with E-state index in [0.717, 1.165) is 24.8 Å². The van der Waals surface area contributed by atoms with Crippen LogP contribution in [0.3, 0.4) is 0 Å². The topological polar surface area (TPSA) is 32.8 Å². The largest absolute Gasteiger partial charge is 0.297 e. The smallest absolute Gasteiger partial charge is 0.248 e. The summed E-state index contributed by atoms with van der Waals surface area (Å²) in [5.74, 6) is -0.179. The number of hydroxylamine groups is 2. The number of nitrogens with zero attached hydrogens (tertiary/aromatic N) is 2. The number of benzene rings is 1. The van der Waals surface area contributed by atoms with Gasteiger partial charge in [0, 0.05) is 12.1 Å².